The fourth-order valence-electron chi connectivity index (χ4n) is 5.89. The summed E-state index contributed by atoms with van der Waals surface area (Å²) in [5, 5.41) is 6.00. The molecular formula is C33H42N4O7. The maximum Gasteiger partial charge on any atom is 0.258 e. The first-order valence-corrected chi connectivity index (χ1v) is 15.5. The summed E-state index contributed by atoms with van der Waals surface area (Å²) in [6, 6.07) is 12.4. The van der Waals surface area contributed by atoms with Crippen LogP contribution in [0.4, 0.5) is 0 Å². The lowest BCUT2D eigenvalue weighted by Crippen LogP contribution is -2.58. The first-order valence-electron chi connectivity index (χ1n) is 15.5. The molecule has 11 nitrogen and oxygen atoms in total. The molecule has 2 atom stereocenters. The first-order chi connectivity index (χ1) is 21.4. The lowest BCUT2D eigenvalue weighted by Gasteiger charge is -2.39. The van der Waals surface area contributed by atoms with Gasteiger partial charge in [-0.2, -0.15) is 0 Å². The van der Waals surface area contributed by atoms with Crippen molar-refractivity contribution in [1.82, 2.24) is 20.4 Å². The van der Waals surface area contributed by atoms with Crippen LogP contribution in [0.25, 0.3) is 0 Å². The minimum Gasteiger partial charge on any atom is -0.493 e. The maximum atomic E-state index is 13.3. The highest BCUT2D eigenvalue weighted by Gasteiger charge is 2.34. The van der Waals surface area contributed by atoms with Crippen molar-refractivity contribution in [3.8, 4) is 17.2 Å². The summed E-state index contributed by atoms with van der Waals surface area (Å²) in [6.07, 6.45) is 4.69. The second kappa shape index (κ2) is 14.9. The van der Waals surface area contributed by atoms with Crippen LogP contribution in [-0.2, 0) is 32.1 Å². The van der Waals surface area contributed by atoms with Crippen LogP contribution >= 0.6 is 0 Å². The lowest BCUT2D eigenvalue weighted by atomic mass is 10.0. The summed E-state index contributed by atoms with van der Waals surface area (Å²) in [5.74, 6) is 1.19. The average Bonchev–Trinajstić information content (AvgIpc) is 3.25. The number of benzene rings is 2. The molecule has 2 N–H and O–H groups in total. The van der Waals surface area contributed by atoms with Gasteiger partial charge in [0, 0.05) is 58.4 Å². The van der Waals surface area contributed by atoms with E-state index in [1.165, 1.54) is 7.11 Å². The third-order valence-corrected chi connectivity index (χ3v) is 8.44. The van der Waals surface area contributed by atoms with Gasteiger partial charge in [0.15, 0.2) is 18.1 Å². The Balaban J connectivity index is 1.29. The van der Waals surface area contributed by atoms with Crippen molar-refractivity contribution in [2.75, 3.05) is 39.9 Å². The monoisotopic (exact) mass is 606 g/mol. The molecule has 4 amide bonds. The van der Waals surface area contributed by atoms with E-state index in [4.69, 9.17) is 14.2 Å². The first kappa shape index (κ1) is 31.2. The Morgan fingerprint density at radius 3 is 2.59 bits per heavy atom. The summed E-state index contributed by atoms with van der Waals surface area (Å²) in [5.41, 5.74) is 1.86. The van der Waals surface area contributed by atoms with Crippen LogP contribution < -0.4 is 24.8 Å². The minimum atomic E-state index is -0.475. The van der Waals surface area contributed by atoms with E-state index in [-0.39, 0.29) is 49.3 Å². The molecule has 0 aromatic heterocycles. The molecule has 6 aliphatic heterocycles. The number of ether oxygens (including phenoxy) is 3. The van der Waals surface area contributed by atoms with Crippen LogP contribution in [0.1, 0.15) is 56.1 Å². The summed E-state index contributed by atoms with van der Waals surface area (Å²) in [4.78, 5) is 54.8. The Bertz CT molecular complexity index is 1330. The van der Waals surface area contributed by atoms with Gasteiger partial charge in [-0.1, -0.05) is 24.6 Å². The van der Waals surface area contributed by atoms with Gasteiger partial charge in [0.1, 0.15) is 11.9 Å². The second-order valence-corrected chi connectivity index (χ2v) is 11.6. The van der Waals surface area contributed by atoms with Gasteiger partial charge in [-0.25, -0.2) is 0 Å². The van der Waals surface area contributed by atoms with Gasteiger partial charge in [-0.3, -0.25) is 19.2 Å². The van der Waals surface area contributed by atoms with E-state index in [0.717, 1.165) is 30.4 Å². The molecule has 2 fully saturated rings. The fraction of sp³-hybridized carbons (Fsp3) is 0.515. The molecule has 8 rings (SSSR count). The Labute approximate surface area is 258 Å². The van der Waals surface area contributed by atoms with Crippen molar-refractivity contribution in [2.24, 2.45) is 0 Å². The topological polar surface area (TPSA) is 127 Å². The minimum absolute atomic E-state index is 0.0475. The molecule has 2 saturated heterocycles. The molecule has 0 saturated carbocycles. The SMILES string of the molecule is COc1cc2ccc1OCC(=O)N[C@@H]1CN(C(=O)CCN3CCCCCC3=O)CC[C@H]1Oc1ccc(cc1)CNC(=O)CC2. The molecule has 236 valence electrons. The average molecular weight is 607 g/mol. The zero-order chi connectivity index (χ0) is 30.9. The number of likely N-dealkylation sites (tertiary alicyclic amines) is 2. The molecular weight excluding hydrogens is 564 g/mol. The van der Waals surface area contributed by atoms with E-state index < -0.39 is 6.04 Å². The van der Waals surface area contributed by atoms with Crippen molar-refractivity contribution >= 4 is 23.6 Å². The molecule has 6 aliphatic rings. The molecule has 4 bridgehead atoms. The number of aryl methyl sites for hydroxylation is 1. The van der Waals surface area contributed by atoms with Crippen molar-refractivity contribution < 1.29 is 33.4 Å². The number of hydrogen-bond donors (Lipinski definition) is 2. The fourth-order valence-corrected chi connectivity index (χ4v) is 5.89. The number of methoxy groups -OCH3 is 1. The zero-order valence-electron chi connectivity index (χ0n) is 25.3. The van der Waals surface area contributed by atoms with E-state index in [1.54, 1.807) is 15.9 Å². The van der Waals surface area contributed by atoms with Crippen LogP contribution in [0.15, 0.2) is 42.5 Å². The van der Waals surface area contributed by atoms with Crippen LogP contribution in [0.5, 0.6) is 17.2 Å². The predicted octanol–water partition coefficient (Wildman–Crippen LogP) is 2.59. The summed E-state index contributed by atoms with van der Waals surface area (Å²) in [7, 11) is 1.53. The van der Waals surface area contributed by atoms with E-state index in [0.29, 0.717) is 69.1 Å². The normalized spacial score (nSPS) is 21.7. The van der Waals surface area contributed by atoms with Gasteiger partial charge in [-0.15, -0.1) is 0 Å². The number of piperidine rings is 1. The van der Waals surface area contributed by atoms with Gasteiger partial charge < -0.3 is 34.6 Å². The Kier molecular flexibility index (Phi) is 10.6. The Hall–Kier alpha value is -4.28. The van der Waals surface area contributed by atoms with Crippen molar-refractivity contribution in [2.45, 2.75) is 70.1 Å². The highest BCUT2D eigenvalue weighted by Crippen LogP contribution is 2.29. The number of amides is 4. The van der Waals surface area contributed by atoms with Gasteiger partial charge in [-0.05, 0) is 54.7 Å². The van der Waals surface area contributed by atoms with Gasteiger partial charge in [0.05, 0.1) is 13.2 Å². The largest absolute Gasteiger partial charge is 0.493 e. The third-order valence-electron chi connectivity index (χ3n) is 8.44. The lowest BCUT2D eigenvalue weighted by molar-refractivity contribution is -0.137. The number of carbonyl (C=O) groups is 4. The van der Waals surface area contributed by atoms with Gasteiger partial charge >= 0.3 is 0 Å². The van der Waals surface area contributed by atoms with Gasteiger partial charge in [0.2, 0.25) is 17.7 Å². The number of rotatable bonds is 4. The Morgan fingerprint density at radius 2 is 1.77 bits per heavy atom. The van der Waals surface area contributed by atoms with Crippen LogP contribution in [0.3, 0.4) is 0 Å². The molecule has 0 aliphatic carbocycles. The van der Waals surface area contributed by atoms with Crippen molar-refractivity contribution in [3.05, 3.63) is 53.6 Å². The van der Waals surface area contributed by atoms with Crippen LogP contribution in [0.2, 0.25) is 0 Å². The van der Waals surface area contributed by atoms with Crippen LogP contribution in [-0.4, -0.2) is 85.5 Å². The van der Waals surface area contributed by atoms with Gasteiger partial charge in [0.25, 0.3) is 5.91 Å². The highest BCUT2D eigenvalue weighted by molar-refractivity contribution is 5.80. The predicted molar refractivity (Wildman–Crippen MR) is 162 cm³/mol. The van der Waals surface area contributed by atoms with Crippen molar-refractivity contribution in [3.63, 3.8) is 0 Å². The summed E-state index contributed by atoms with van der Waals surface area (Å²) < 4.78 is 17.6. The molecule has 0 spiro atoms. The molecule has 2 aromatic carbocycles. The molecule has 2 aromatic rings. The standard InChI is InChI=1S/C33H42N4O7/c1-42-29-19-23-8-12-28(29)43-22-31(39)35-26-21-37(33(41)15-18-36-16-4-2-3-5-32(36)40)17-14-27(26)44-25-10-6-24(7-11-25)20-34-30(38)13-9-23/h6-8,10-12,19,26-27H,2-5,9,13-18,20-22H2,1H3,(H,34,38)(H,35,39)/t26-,27-/m1/s1. The maximum absolute atomic E-state index is 13.3. The number of nitrogens with one attached hydrogen (secondary N) is 2. The van der Waals surface area contributed by atoms with E-state index in [1.807, 2.05) is 36.4 Å². The second-order valence-electron chi connectivity index (χ2n) is 11.6. The number of carbonyl (C=O) groups excluding carboxylic acids is 4. The Morgan fingerprint density at radius 1 is 0.955 bits per heavy atom. The summed E-state index contributed by atoms with van der Waals surface area (Å²) >= 11 is 0. The molecule has 0 radical (unpaired) electrons. The molecule has 44 heavy (non-hydrogen) atoms. The number of nitrogens with zero attached hydrogens (tertiary/aromatic N) is 2. The number of hydrogen-bond acceptors (Lipinski definition) is 7. The van der Waals surface area contributed by atoms with Crippen molar-refractivity contribution in [1.29, 1.82) is 0 Å². The smallest absolute Gasteiger partial charge is 0.258 e. The summed E-state index contributed by atoms with van der Waals surface area (Å²) in [6.45, 7) is 2.02. The zero-order valence-corrected chi connectivity index (χ0v) is 25.3. The van der Waals surface area contributed by atoms with E-state index in [2.05, 4.69) is 10.6 Å². The molecule has 6 heterocycles. The third kappa shape index (κ3) is 8.42. The van der Waals surface area contributed by atoms with E-state index >= 15 is 0 Å². The quantitative estimate of drug-likeness (QED) is 0.548. The molecule has 11 heteroatoms. The highest BCUT2D eigenvalue weighted by atomic mass is 16.5. The van der Waals surface area contributed by atoms with E-state index in [9.17, 15) is 19.2 Å². The molecule has 0 unspecified atom stereocenters. The van der Waals surface area contributed by atoms with Crippen LogP contribution in [0, 0.1) is 0 Å².